The molecule has 1 atom stereocenters. The molecule has 0 aliphatic carbocycles. The van der Waals surface area contributed by atoms with Crippen LogP contribution in [-0.4, -0.2) is 13.2 Å². The number of ether oxygens (including phenoxy) is 2. The monoisotopic (exact) mass is 275 g/mol. The Morgan fingerprint density at radius 1 is 1.21 bits per heavy atom. The van der Waals surface area contributed by atoms with Gasteiger partial charge in [-0.3, -0.25) is 0 Å². The van der Waals surface area contributed by atoms with E-state index in [1.165, 1.54) is 11.1 Å². The van der Waals surface area contributed by atoms with E-state index in [4.69, 9.17) is 9.47 Å². The Labute approximate surface area is 117 Å². The molecule has 1 aliphatic heterocycles. The summed E-state index contributed by atoms with van der Waals surface area (Å²) in [5, 5.41) is 7.79. The van der Waals surface area contributed by atoms with Crippen LogP contribution in [0.2, 0.25) is 0 Å². The van der Waals surface area contributed by atoms with Gasteiger partial charge in [0.1, 0.15) is 13.2 Å². The van der Waals surface area contributed by atoms with Gasteiger partial charge >= 0.3 is 0 Å². The Bertz CT molecular complexity index is 539. The van der Waals surface area contributed by atoms with Gasteiger partial charge in [0.15, 0.2) is 11.5 Å². The van der Waals surface area contributed by atoms with E-state index < -0.39 is 0 Å². The predicted octanol–water partition coefficient (Wildman–Crippen LogP) is 3.37. The van der Waals surface area contributed by atoms with E-state index in [1.54, 1.807) is 11.3 Å². The molecule has 2 heterocycles. The molecular weight excluding hydrogens is 258 g/mol. The topological polar surface area (TPSA) is 30.5 Å². The molecular formula is C15H17NO2S. The first-order chi connectivity index (χ1) is 9.33. The molecule has 1 aromatic heterocycles. The van der Waals surface area contributed by atoms with Gasteiger partial charge < -0.3 is 14.8 Å². The van der Waals surface area contributed by atoms with Gasteiger partial charge in [0.05, 0.1) is 0 Å². The third kappa shape index (κ3) is 2.91. The van der Waals surface area contributed by atoms with Crippen molar-refractivity contribution in [3.8, 4) is 11.5 Å². The lowest BCUT2D eigenvalue weighted by atomic mass is 10.1. The number of nitrogens with one attached hydrogen (secondary N) is 1. The number of fused-ring (bicyclic) bond motifs is 1. The molecule has 1 aliphatic rings. The van der Waals surface area contributed by atoms with Crippen molar-refractivity contribution >= 4 is 11.3 Å². The summed E-state index contributed by atoms with van der Waals surface area (Å²) < 4.78 is 11.1. The zero-order valence-corrected chi connectivity index (χ0v) is 11.7. The number of hydrogen-bond acceptors (Lipinski definition) is 4. The van der Waals surface area contributed by atoms with E-state index in [0.717, 1.165) is 18.0 Å². The van der Waals surface area contributed by atoms with Gasteiger partial charge in [0.2, 0.25) is 0 Å². The van der Waals surface area contributed by atoms with Crippen molar-refractivity contribution in [1.82, 2.24) is 5.32 Å². The molecule has 100 valence electrons. The summed E-state index contributed by atoms with van der Waals surface area (Å²) in [6, 6.07) is 8.59. The lowest BCUT2D eigenvalue weighted by molar-refractivity contribution is 0.171. The van der Waals surface area contributed by atoms with E-state index in [0.29, 0.717) is 13.2 Å². The molecule has 1 unspecified atom stereocenters. The summed E-state index contributed by atoms with van der Waals surface area (Å²) in [6.45, 7) is 4.32. The first-order valence-corrected chi connectivity index (χ1v) is 7.41. The number of hydrogen-bond donors (Lipinski definition) is 1. The molecule has 0 bridgehead atoms. The third-order valence-corrected chi connectivity index (χ3v) is 3.99. The Hall–Kier alpha value is -1.52. The van der Waals surface area contributed by atoms with Crippen LogP contribution in [0.15, 0.2) is 35.0 Å². The van der Waals surface area contributed by atoms with Crippen molar-refractivity contribution < 1.29 is 9.47 Å². The highest BCUT2D eigenvalue weighted by Gasteiger charge is 2.14. The van der Waals surface area contributed by atoms with Gasteiger partial charge in [-0.05, 0) is 47.0 Å². The van der Waals surface area contributed by atoms with E-state index in [1.807, 2.05) is 6.07 Å². The van der Waals surface area contributed by atoms with Gasteiger partial charge in [-0.2, -0.15) is 11.3 Å². The van der Waals surface area contributed by atoms with Crippen LogP contribution in [0.4, 0.5) is 0 Å². The van der Waals surface area contributed by atoms with Gasteiger partial charge in [-0.15, -0.1) is 0 Å². The molecule has 19 heavy (non-hydrogen) atoms. The molecule has 1 N–H and O–H groups in total. The van der Waals surface area contributed by atoms with Crippen LogP contribution in [0.1, 0.15) is 24.1 Å². The quantitative estimate of drug-likeness (QED) is 0.928. The normalized spacial score (nSPS) is 15.2. The number of rotatable bonds is 4. The maximum Gasteiger partial charge on any atom is 0.161 e. The summed E-state index contributed by atoms with van der Waals surface area (Å²) >= 11 is 1.73. The molecule has 0 radical (unpaired) electrons. The summed E-state index contributed by atoms with van der Waals surface area (Å²) in [7, 11) is 0. The second-order valence-electron chi connectivity index (χ2n) is 4.64. The fourth-order valence-electron chi connectivity index (χ4n) is 2.11. The molecule has 3 nitrogen and oxygen atoms in total. The minimum Gasteiger partial charge on any atom is -0.486 e. The first kappa shape index (κ1) is 12.5. The van der Waals surface area contributed by atoms with E-state index in [2.05, 4.69) is 41.2 Å². The highest BCUT2D eigenvalue weighted by Crippen LogP contribution is 2.32. The fourth-order valence-corrected chi connectivity index (χ4v) is 2.78. The van der Waals surface area contributed by atoms with E-state index in [-0.39, 0.29) is 6.04 Å². The third-order valence-electron chi connectivity index (χ3n) is 3.26. The molecule has 1 aromatic carbocycles. The van der Waals surface area contributed by atoms with Crippen molar-refractivity contribution in [2.24, 2.45) is 0 Å². The van der Waals surface area contributed by atoms with Crippen molar-refractivity contribution in [1.29, 1.82) is 0 Å². The van der Waals surface area contributed by atoms with Gasteiger partial charge in [-0.25, -0.2) is 0 Å². The lowest BCUT2D eigenvalue weighted by Gasteiger charge is -2.21. The Balaban J connectivity index is 1.67. The maximum atomic E-state index is 5.61. The average molecular weight is 275 g/mol. The molecule has 2 aromatic rings. The Morgan fingerprint density at radius 2 is 2.05 bits per heavy atom. The number of thiophene rings is 1. The van der Waals surface area contributed by atoms with Crippen LogP contribution in [0, 0.1) is 0 Å². The molecule has 0 saturated heterocycles. The molecule has 0 saturated carbocycles. The van der Waals surface area contributed by atoms with Crippen molar-refractivity contribution in [2.45, 2.75) is 19.5 Å². The van der Waals surface area contributed by atoms with Crippen LogP contribution >= 0.6 is 11.3 Å². The minimum atomic E-state index is 0.288. The maximum absolute atomic E-state index is 5.61. The van der Waals surface area contributed by atoms with Crippen LogP contribution in [0.25, 0.3) is 0 Å². The zero-order valence-electron chi connectivity index (χ0n) is 10.9. The Morgan fingerprint density at radius 3 is 2.84 bits per heavy atom. The van der Waals surface area contributed by atoms with Crippen LogP contribution in [0.3, 0.4) is 0 Å². The summed E-state index contributed by atoms with van der Waals surface area (Å²) in [5.74, 6) is 1.70. The van der Waals surface area contributed by atoms with Crippen molar-refractivity contribution in [2.75, 3.05) is 13.2 Å². The SMILES string of the molecule is CC(NCc1ccsc1)c1ccc2c(c1)OCCO2. The fraction of sp³-hybridized carbons (Fsp3) is 0.333. The predicted molar refractivity (Wildman–Crippen MR) is 77.0 cm³/mol. The summed E-state index contributed by atoms with van der Waals surface area (Å²) in [5.41, 5.74) is 2.55. The second-order valence-corrected chi connectivity index (χ2v) is 5.42. The standard InChI is InChI=1S/C15H17NO2S/c1-11(16-9-12-4-7-19-10-12)13-2-3-14-15(8-13)18-6-5-17-14/h2-4,7-8,10-11,16H,5-6,9H2,1H3. The number of benzene rings is 1. The molecule has 4 heteroatoms. The highest BCUT2D eigenvalue weighted by atomic mass is 32.1. The smallest absolute Gasteiger partial charge is 0.161 e. The summed E-state index contributed by atoms with van der Waals surface area (Å²) in [4.78, 5) is 0. The molecule has 0 spiro atoms. The first-order valence-electron chi connectivity index (χ1n) is 6.47. The molecule has 3 rings (SSSR count). The van der Waals surface area contributed by atoms with Crippen molar-refractivity contribution in [3.05, 3.63) is 46.2 Å². The van der Waals surface area contributed by atoms with Crippen LogP contribution < -0.4 is 14.8 Å². The van der Waals surface area contributed by atoms with E-state index >= 15 is 0 Å². The van der Waals surface area contributed by atoms with E-state index in [9.17, 15) is 0 Å². The highest BCUT2D eigenvalue weighted by molar-refractivity contribution is 7.07. The van der Waals surface area contributed by atoms with Crippen molar-refractivity contribution in [3.63, 3.8) is 0 Å². The van der Waals surface area contributed by atoms with Gasteiger partial charge in [-0.1, -0.05) is 6.07 Å². The second kappa shape index (κ2) is 5.63. The zero-order chi connectivity index (χ0) is 13.1. The van der Waals surface area contributed by atoms with Gasteiger partial charge in [0.25, 0.3) is 0 Å². The minimum absolute atomic E-state index is 0.288. The largest absolute Gasteiger partial charge is 0.486 e. The van der Waals surface area contributed by atoms with Crippen LogP contribution in [-0.2, 0) is 6.54 Å². The van der Waals surface area contributed by atoms with Crippen LogP contribution in [0.5, 0.6) is 11.5 Å². The molecule has 0 amide bonds. The molecule has 0 fully saturated rings. The summed E-state index contributed by atoms with van der Waals surface area (Å²) in [6.07, 6.45) is 0. The lowest BCUT2D eigenvalue weighted by Crippen LogP contribution is -2.19. The van der Waals surface area contributed by atoms with Gasteiger partial charge in [0, 0.05) is 12.6 Å². The Kier molecular flexibility index (Phi) is 3.71. The average Bonchev–Trinajstić information content (AvgIpc) is 2.97.